The largest absolute Gasteiger partial charge is 0.409 e. The van der Waals surface area contributed by atoms with Crippen molar-refractivity contribution >= 4 is 5.84 Å². The molecule has 21 heavy (non-hydrogen) atoms. The van der Waals surface area contributed by atoms with Crippen LogP contribution in [-0.4, -0.2) is 34.7 Å². The van der Waals surface area contributed by atoms with Gasteiger partial charge in [0.05, 0.1) is 6.54 Å². The highest BCUT2D eigenvalue weighted by atomic mass is 19.4. The van der Waals surface area contributed by atoms with E-state index < -0.39 is 18.5 Å². The zero-order chi connectivity index (χ0) is 16.2. The van der Waals surface area contributed by atoms with E-state index in [0.717, 1.165) is 12.1 Å². The fraction of sp³-hybridized carbons (Fsp3) is 0.462. The number of halogens is 4. The van der Waals surface area contributed by atoms with Crippen LogP contribution in [0.1, 0.15) is 25.0 Å². The lowest BCUT2D eigenvalue weighted by Crippen LogP contribution is -2.39. The van der Waals surface area contributed by atoms with Crippen molar-refractivity contribution in [1.29, 1.82) is 0 Å². The molecule has 4 nitrogen and oxygen atoms in total. The van der Waals surface area contributed by atoms with Crippen LogP contribution in [0, 0.1) is 5.82 Å². The number of amidine groups is 1. The second-order valence-electron chi connectivity index (χ2n) is 4.90. The van der Waals surface area contributed by atoms with E-state index >= 15 is 0 Å². The Balaban J connectivity index is 3.09. The van der Waals surface area contributed by atoms with Gasteiger partial charge in [-0.05, 0) is 31.5 Å². The summed E-state index contributed by atoms with van der Waals surface area (Å²) >= 11 is 0. The molecule has 1 aromatic rings. The average Bonchev–Trinajstić information content (AvgIpc) is 2.37. The van der Waals surface area contributed by atoms with Gasteiger partial charge in [-0.1, -0.05) is 11.2 Å². The van der Waals surface area contributed by atoms with Crippen LogP contribution in [0.25, 0.3) is 0 Å². The van der Waals surface area contributed by atoms with Gasteiger partial charge >= 0.3 is 6.18 Å². The summed E-state index contributed by atoms with van der Waals surface area (Å²) in [4.78, 5) is 1.17. The lowest BCUT2D eigenvalue weighted by Gasteiger charge is -2.28. The van der Waals surface area contributed by atoms with Gasteiger partial charge in [-0.15, -0.1) is 0 Å². The van der Waals surface area contributed by atoms with Crippen LogP contribution in [0.3, 0.4) is 0 Å². The maximum absolute atomic E-state index is 13.2. The molecule has 0 aliphatic heterocycles. The molecule has 118 valence electrons. The first-order valence-corrected chi connectivity index (χ1v) is 6.21. The Kier molecular flexibility index (Phi) is 5.54. The van der Waals surface area contributed by atoms with Crippen LogP contribution in [0.4, 0.5) is 17.6 Å². The number of oxime groups is 1. The van der Waals surface area contributed by atoms with E-state index in [9.17, 15) is 17.6 Å². The molecular formula is C13H17F4N3O. The summed E-state index contributed by atoms with van der Waals surface area (Å²) in [6, 6.07) is 3.09. The SMILES string of the molecule is CC(C)N(Cc1ccc(F)cc1C(N)=NO)CC(F)(F)F. The number of hydrogen-bond donors (Lipinski definition) is 2. The number of nitrogens with two attached hydrogens (primary N) is 1. The van der Waals surface area contributed by atoms with E-state index in [4.69, 9.17) is 10.9 Å². The fourth-order valence-corrected chi connectivity index (χ4v) is 1.85. The lowest BCUT2D eigenvalue weighted by molar-refractivity contribution is -0.150. The molecule has 0 fully saturated rings. The van der Waals surface area contributed by atoms with E-state index in [0.29, 0.717) is 5.56 Å². The number of alkyl halides is 3. The quantitative estimate of drug-likeness (QED) is 0.289. The third kappa shape index (κ3) is 5.22. The van der Waals surface area contributed by atoms with Gasteiger partial charge in [0.25, 0.3) is 0 Å². The molecule has 0 amide bonds. The maximum atomic E-state index is 13.2. The highest BCUT2D eigenvalue weighted by Crippen LogP contribution is 2.21. The molecule has 0 saturated heterocycles. The van der Waals surface area contributed by atoms with Crippen molar-refractivity contribution < 1.29 is 22.8 Å². The molecule has 1 aromatic carbocycles. The topological polar surface area (TPSA) is 61.8 Å². The average molecular weight is 307 g/mol. The van der Waals surface area contributed by atoms with Crippen molar-refractivity contribution in [1.82, 2.24) is 4.90 Å². The zero-order valence-corrected chi connectivity index (χ0v) is 11.7. The minimum Gasteiger partial charge on any atom is -0.409 e. The maximum Gasteiger partial charge on any atom is 0.401 e. The number of rotatable bonds is 5. The molecule has 1 rings (SSSR count). The summed E-state index contributed by atoms with van der Waals surface area (Å²) in [6.45, 7) is 2.05. The van der Waals surface area contributed by atoms with Gasteiger partial charge in [0.15, 0.2) is 5.84 Å². The van der Waals surface area contributed by atoms with Gasteiger partial charge in [0.2, 0.25) is 0 Å². The zero-order valence-electron chi connectivity index (χ0n) is 11.7. The molecule has 8 heteroatoms. The fourth-order valence-electron chi connectivity index (χ4n) is 1.85. The minimum atomic E-state index is -4.35. The Hall–Kier alpha value is -1.83. The van der Waals surface area contributed by atoms with Gasteiger partial charge in [-0.25, -0.2) is 4.39 Å². The van der Waals surface area contributed by atoms with Gasteiger partial charge < -0.3 is 10.9 Å². The monoisotopic (exact) mass is 307 g/mol. The standard InChI is InChI=1S/C13H17F4N3O/c1-8(2)20(7-13(15,16)17)6-9-3-4-10(14)5-11(9)12(18)19-21/h3-5,8,21H,6-7H2,1-2H3,(H2,18,19). The van der Waals surface area contributed by atoms with Crippen LogP contribution in [0.2, 0.25) is 0 Å². The third-order valence-electron chi connectivity index (χ3n) is 2.94. The molecule has 0 spiro atoms. The van der Waals surface area contributed by atoms with Crippen LogP contribution in [0.15, 0.2) is 23.4 Å². The predicted octanol–water partition coefficient (Wildman–Crippen LogP) is 2.69. The highest BCUT2D eigenvalue weighted by molar-refractivity contribution is 5.98. The Labute approximate surface area is 119 Å². The molecule has 0 atom stereocenters. The van der Waals surface area contributed by atoms with Gasteiger partial charge in [0, 0.05) is 18.2 Å². The lowest BCUT2D eigenvalue weighted by atomic mass is 10.1. The van der Waals surface area contributed by atoms with E-state index in [1.54, 1.807) is 13.8 Å². The molecule has 0 saturated carbocycles. The predicted molar refractivity (Wildman–Crippen MR) is 70.5 cm³/mol. The molecule has 0 aliphatic carbocycles. The molecule has 0 radical (unpaired) electrons. The van der Waals surface area contributed by atoms with Crippen LogP contribution >= 0.6 is 0 Å². The summed E-state index contributed by atoms with van der Waals surface area (Å²) < 4.78 is 50.9. The molecule has 3 N–H and O–H groups in total. The molecule has 0 aliphatic rings. The Morgan fingerprint density at radius 1 is 1.38 bits per heavy atom. The molecule has 0 unspecified atom stereocenters. The summed E-state index contributed by atoms with van der Waals surface area (Å²) in [6.07, 6.45) is -4.35. The van der Waals surface area contributed by atoms with Crippen LogP contribution in [0.5, 0.6) is 0 Å². The number of nitrogens with zero attached hydrogens (tertiary/aromatic N) is 2. The van der Waals surface area contributed by atoms with Crippen molar-refractivity contribution in [2.45, 2.75) is 32.6 Å². The Morgan fingerprint density at radius 2 is 2.00 bits per heavy atom. The van der Waals surface area contributed by atoms with Gasteiger partial charge in [-0.2, -0.15) is 13.2 Å². The van der Waals surface area contributed by atoms with Crippen molar-refractivity contribution in [2.75, 3.05) is 6.54 Å². The first-order valence-electron chi connectivity index (χ1n) is 6.21. The van der Waals surface area contributed by atoms with E-state index in [1.165, 1.54) is 11.0 Å². The van der Waals surface area contributed by atoms with Crippen LogP contribution < -0.4 is 5.73 Å². The molecule has 0 aromatic heterocycles. The van der Waals surface area contributed by atoms with Crippen LogP contribution in [-0.2, 0) is 6.54 Å². The summed E-state index contributed by atoms with van der Waals surface area (Å²) in [5.41, 5.74) is 5.86. The Bertz CT molecular complexity index is 515. The number of hydrogen-bond acceptors (Lipinski definition) is 3. The molecule has 0 bridgehead atoms. The summed E-state index contributed by atoms with van der Waals surface area (Å²) in [5, 5.41) is 11.5. The minimum absolute atomic E-state index is 0.0744. The van der Waals surface area contributed by atoms with Crippen molar-refractivity contribution in [3.63, 3.8) is 0 Å². The van der Waals surface area contributed by atoms with E-state index in [-0.39, 0.29) is 24.0 Å². The van der Waals surface area contributed by atoms with Crippen molar-refractivity contribution in [3.8, 4) is 0 Å². The second-order valence-corrected chi connectivity index (χ2v) is 4.90. The second kappa shape index (κ2) is 6.75. The van der Waals surface area contributed by atoms with Gasteiger partial charge in [0.1, 0.15) is 5.82 Å². The number of benzene rings is 1. The van der Waals surface area contributed by atoms with Gasteiger partial charge in [-0.3, -0.25) is 4.90 Å². The van der Waals surface area contributed by atoms with Crippen molar-refractivity contribution in [2.24, 2.45) is 10.9 Å². The first kappa shape index (κ1) is 17.2. The summed E-state index contributed by atoms with van der Waals surface area (Å²) in [5.74, 6) is -0.965. The third-order valence-corrected chi connectivity index (χ3v) is 2.94. The first-order chi connectivity index (χ1) is 9.64. The summed E-state index contributed by atoms with van der Waals surface area (Å²) in [7, 11) is 0. The highest BCUT2D eigenvalue weighted by Gasteiger charge is 2.32. The van der Waals surface area contributed by atoms with Crippen molar-refractivity contribution in [3.05, 3.63) is 35.1 Å². The van der Waals surface area contributed by atoms with E-state index in [1.807, 2.05) is 0 Å². The van der Waals surface area contributed by atoms with E-state index in [2.05, 4.69) is 5.16 Å². The normalized spacial score (nSPS) is 13.2. The molecular weight excluding hydrogens is 290 g/mol. The molecule has 0 heterocycles. The smallest absolute Gasteiger partial charge is 0.401 e. The Morgan fingerprint density at radius 3 is 2.48 bits per heavy atom.